The third-order valence-corrected chi connectivity index (χ3v) is 10.8. The molecule has 2 fully saturated rings. The standard InChI is InChI=1S/C30H28ClN3O6S2/c1-2-40-29(38)18-8-12-20(13-9-18)34-26(36)23-22(17-6-10-19(31)11-7-17)25-28(41-24(23)27(34)37)33(30(39)42-25)16-21(35)32-14-4-3-5-15-32/h6-13,22-24H,2-5,14-16H2,1H3/t22-,23?,24?/m1/s1. The SMILES string of the molecule is CCOC(=O)c1ccc(N2C(=O)C3Sc4c(sc(=O)n4CC(=O)N4CCCCC4)[C@H](c4ccc(Cl)cc4)C3C2=O)cc1. The Labute approximate surface area is 255 Å². The van der Waals surface area contributed by atoms with Gasteiger partial charge in [-0.15, -0.1) is 0 Å². The van der Waals surface area contributed by atoms with Gasteiger partial charge in [-0.2, -0.15) is 0 Å². The molecule has 3 aliphatic rings. The second kappa shape index (κ2) is 11.7. The molecule has 3 aliphatic heterocycles. The van der Waals surface area contributed by atoms with E-state index in [1.54, 1.807) is 36.1 Å². The zero-order valence-corrected chi connectivity index (χ0v) is 25.2. The number of piperidine rings is 1. The first-order valence-corrected chi connectivity index (χ1v) is 15.9. The number of fused-ring (bicyclic) bond motifs is 2. The number of esters is 1. The van der Waals surface area contributed by atoms with Crippen LogP contribution < -0.4 is 9.77 Å². The maximum absolute atomic E-state index is 14.0. The molecular formula is C30H28ClN3O6S2. The van der Waals surface area contributed by atoms with E-state index in [0.717, 1.165) is 41.1 Å². The highest BCUT2D eigenvalue weighted by molar-refractivity contribution is 8.00. The van der Waals surface area contributed by atoms with Crippen molar-refractivity contribution in [2.24, 2.45) is 5.92 Å². The molecule has 2 aromatic carbocycles. The van der Waals surface area contributed by atoms with Crippen molar-refractivity contribution in [2.45, 2.75) is 48.9 Å². The number of thiazole rings is 1. The number of ether oxygens (including phenoxy) is 1. The lowest BCUT2D eigenvalue weighted by Gasteiger charge is -2.31. The molecule has 218 valence electrons. The van der Waals surface area contributed by atoms with Crippen LogP contribution in [0.3, 0.4) is 0 Å². The van der Waals surface area contributed by atoms with E-state index in [2.05, 4.69) is 0 Å². The molecule has 3 aromatic rings. The number of carbonyl (C=O) groups excluding carboxylic acids is 4. The van der Waals surface area contributed by atoms with Gasteiger partial charge >= 0.3 is 10.8 Å². The molecular weight excluding hydrogens is 598 g/mol. The summed E-state index contributed by atoms with van der Waals surface area (Å²) >= 11 is 8.37. The molecule has 3 amide bonds. The zero-order valence-electron chi connectivity index (χ0n) is 22.8. The lowest BCUT2D eigenvalue weighted by atomic mass is 9.83. The van der Waals surface area contributed by atoms with Crippen LogP contribution in [0.15, 0.2) is 58.4 Å². The molecule has 6 rings (SSSR count). The molecule has 0 N–H and O–H groups in total. The number of anilines is 1. The lowest BCUT2D eigenvalue weighted by molar-refractivity contribution is -0.133. The Balaban J connectivity index is 1.38. The van der Waals surface area contributed by atoms with Crippen LogP contribution in [0.1, 0.15) is 52.9 Å². The second-order valence-corrected chi connectivity index (χ2v) is 13.0. The minimum Gasteiger partial charge on any atom is -0.462 e. The average molecular weight is 626 g/mol. The third kappa shape index (κ3) is 5.07. The van der Waals surface area contributed by atoms with Crippen molar-refractivity contribution in [3.05, 3.63) is 79.2 Å². The van der Waals surface area contributed by atoms with Gasteiger partial charge in [-0.1, -0.05) is 46.8 Å². The molecule has 3 atom stereocenters. The van der Waals surface area contributed by atoms with Crippen LogP contribution in [0.25, 0.3) is 0 Å². The molecule has 1 aromatic heterocycles. The van der Waals surface area contributed by atoms with Gasteiger partial charge in [0.05, 0.1) is 28.8 Å². The largest absolute Gasteiger partial charge is 0.462 e. The number of imide groups is 1. The van der Waals surface area contributed by atoms with Crippen LogP contribution in [0.4, 0.5) is 5.69 Å². The molecule has 9 nitrogen and oxygen atoms in total. The predicted octanol–water partition coefficient (Wildman–Crippen LogP) is 4.55. The summed E-state index contributed by atoms with van der Waals surface area (Å²) in [6.07, 6.45) is 2.96. The molecule has 2 unspecified atom stereocenters. The summed E-state index contributed by atoms with van der Waals surface area (Å²) in [6.45, 7) is 3.18. The van der Waals surface area contributed by atoms with Gasteiger partial charge in [-0.3, -0.25) is 23.7 Å². The summed E-state index contributed by atoms with van der Waals surface area (Å²) in [7, 11) is 0. The van der Waals surface area contributed by atoms with Crippen LogP contribution in [-0.4, -0.2) is 58.1 Å². The van der Waals surface area contributed by atoms with Gasteiger partial charge in [0.15, 0.2) is 0 Å². The normalized spacial score (nSPS) is 21.7. The third-order valence-electron chi connectivity index (χ3n) is 7.92. The molecule has 2 saturated heterocycles. The minimum absolute atomic E-state index is 0.108. The summed E-state index contributed by atoms with van der Waals surface area (Å²) < 4.78 is 6.51. The fourth-order valence-electron chi connectivity index (χ4n) is 5.88. The van der Waals surface area contributed by atoms with Gasteiger partial charge in [0.2, 0.25) is 17.7 Å². The van der Waals surface area contributed by atoms with E-state index in [9.17, 15) is 24.0 Å². The van der Waals surface area contributed by atoms with Gasteiger partial charge in [0.25, 0.3) is 0 Å². The molecule has 42 heavy (non-hydrogen) atoms. The molecule has 0 radical (unpaired) electrons. The summed E-state index contributed by atoms with van der Waals surface area (Å²) in [5, 5.41) is 0.272. The van der Waals surface area contributed by atoms with E-state index in [1.165, 1.54) is 28.5 Å². The number of nitrogens with zero attached hydrogens (tertiary/aromatic N) is 3. The monoisotopic (exact) mass is 625 g/mol. The average Bonchev–Trinajstić information content (AvgIpc) is 3.44. The quantitative estimate of drug-likeness (QED) is 0.292. The van der Waals surface area contributed by atoms with Crippen molar-refractivity contribution < 1.29 is 23.9 Å². The van der Waals surface area contributed by atoms with Gasteiger partial charge in [-0.05, 0) is 68.1 Å². The van der Waals surface area contributed by atoms with Crippen molar-refractivity contribution in [1.29, 1.82) is 0 Å². The number of carbonyl (C=O) groups is 4. The second-order valence-electron chi connectivity index (χ2n) is 10.4. The Bertz CT molecular complexity index is 1610. The molecule has 0 bridgehead atoms. The molecule has 12 heteroatoms. The first-order valence-electron chi connectivity index (χ1n) is 13.9. The van der Waals surface area contributed by atoms with Gasteiger partial charge < -0.3 is 9.64 Å². The Hall–Kier alpha value is -3.41. The Kier molecular flexibility index (Phi) is 7.99. The van der Waals surface area contributed by atoms with Crippen LogP contribution >= 0.6 is 34.7 Å². The maximum atomic E-state index is 14.0. The summed E-state index contributed by atoms with van der Waals surface area (Å²) in [6, 6.07) is 13.2. The van der Waals surface area contributed by atoms with Gasteiger partial charge in [0, 0.05) is 28.9 Å². The van der Waals surface area contributed by atoms with E-state index in [1.807, 2.05) is 12.1 Å². The smallest absolute Gasteiger partial charge is 0.338 e. The highest BCUT2D eigenvalue weighted by Gasteiger charge is 2.56. The number of halogens is 1. The fraction of sp³-hybridized carbons (Fsp3) is 0.367. The number of thioether (sulfide) groups is 1. The minimum atomic E-state index is -0.805. The van der Waals surface area contributed by atoms with Crippen molar-refractivity contribution in [3.63, 3.8) is 0 Å². The van der Waals surface area contributed by atoms with Crippen molar-refractivity contribution in [2.75, 3.05) is 24.6 Å². The van der Waals surface area contributed by atoms with Crippen LogP contribution in [-0.2, 0) is 25.7 Å². The molecule has 4 heterocycles. The Morgan fingerprint density at radius 1 is 0.952 bits per heavy atom. The number of aromatic nitrogens is 1. The Morgan fingerprint density at radius 2 is 1.64 bits per heavy atom. The van der Waals surface area contributed by atoms with Gasteiger partial charge in [-0.25, -0.2) is 9.69 Å². The number of benzene rings is 2. The number of hydrogen-bond donors (Lipinski definition) is 0. The molecule has 0 aliphatic carbocycles. The zero-order chi connectivity index (χ0) is 29.5. The first-order chi connectivity index (χ1) is 20.3. The number of likely N-dealkylation sites (tertiary alicyclic amines) is 1. The predicted molar refractivity (Wildman–Crippen MR) is 160 cm³/mol. The molecule has 0 saturated carbocycles. The van der Waals surface area contributed by atoms with Crippen LogP contribution in [0, 0.1) is 5.92 Å². The van der Waals surface area contributed by atoms with E-state index in [-0.39, 0.29) is 29.8 Å². The number of rotatable bonds is 6. The van der Waals surface area contributed by atoms with E-state index in [4.69, 9.17) is 16.3 Å². The van der Waals surface area contributed by atoms with E-state index >= 15 is 0 Å². The highest BCUT2D eigenvalue weighted by atomic mass is 35.5. The van der Waals surface area contributed by atoms with E-state index < -0.39 is 29.0 Å². The van der Waals surface area contributed by atoms with Crippen LogP contribution in [0.2, 0.25) is 5.02 Å². The van der Waals surface area contributed by atoms with Crippen LogP contribution in [0.5, 0.6) is 0 Å². The number of hydrogen-bond acceptors (Lipinski definition) is 8. The molecule has 0 spiro atoms. The van der Waals surface area contributed by atoms with Gasteiger partial charge in [0.1, 0.15) is 11.8 Å². The fourth-order valence-corrected chi connectivity index (χ4v) is 8.78. The highest BCUT2D eigenvalue weighted by Crippen LogP contribution is 2.54. The van der Waals surface area contributed by atoms with E-state index in [0.29, 0.717) is 39.3 Å². The first kappa shape index (κ1) is 28.7. The lowest BCUT2D eigenvalue weighted by Crippen LogP contribution is -2.39. The summed E-state index contributed by atoms with van der Waals surface area (Å²) in [4.78, 5) is 69.9. The Morgan fingerprint density at radius 3 is 2.31 bits per heavy atom. The van der Waals surface area contributed by atoms with Crippen molar-refractivity contribution >= 4 is 64.1 Å². The van der Waals surface area contributed by atoms with Crippen molar-refractivity contribution in [1.82, 2.24) is 9.47 Å². The number of amides is 3. The topological polar surface area (TPSA) is 106 Å². The summed E-state index contributed by atoms with van der Waals surface area (Å²) in [5.74, 6) is -2.75. The van der Waals surface area contributed by atoms with Crippen molar-refractivity contribution in [3.8, 4) is 0 Å². The summed E-state index contributed by atoms with van der Waals surface area (Å²) in [5.41, 5.74) is 1.42. The maximum Gasteiger partial charge on any atom is 0.338 e.